The van der Waals surface area contributed by atoms with Crippen LogP contribution in [0, 0.1) is 0 Å². The van der Waals surface area contributed by atoms with Crippen LogP contribution < -0.4 is 4.74 Å². The molecule has 1 aromatic rings. The molecule has 5 nitrogen and oxygen atoms in total. The Morgan fingerprint density at radius 1 is 1.29 bits per heavy atom. The maximum atomic E-state index is 11.3. The molecule has 0 aliphatic heterocycles. The molecule has 0 amide bonds. The van der Waals surface area contributed by atoms with E-state index < -0.39 is 18.0 Å². The van der Waals surface area contributed by atoms with E-state index in [1.165, 1.54) is 24.3 Å². The van der Waals surface area contributed by atoms with E-state index >= 15 is 0 Å². The van der Waals surface area contributed by atoms with Crippen molar-refractivity contribution < 1.29 is 24.2 Å². The summed E-state index contributed by atoms with van der Waals surface area (Å²) in [6.07, 6.45) is -0.717. The zero-order valence-corrected chi connectivity index (χ0v) is 9.67. The Morgan fingerprint density at radius 2 is 1.88 bits per heavy atom. The summed E-state index contributed by atoms with van der Waals surface area (Å²) in [5, 5.41) is 8.70. The van der Waals surface area contributed by atoms with E-state index in [4.69, 9.17) is 14.6 Å². The van der Waals surface area contributed by atoms with E-state index in [0.29, 0.717) is 12.4 Å². The first-order valence-corrected chi connectivity index (χ1v) is 5.21. The first-order valence-electron chi connectivity index (χ1n) is 5.21. The smallest absolute Gasteiger partial charge is 0.347 e. The summed E-state index contributed by atoms with van der Waals surface area (Å²) in [6, 6.07) is 5.82. The highest BCUT2D eigenvalue weighted by atomic mass is 16.6. The summed E-state index contributed by atoms with van der Waals surface area (Å²) in [5.41, 5.74) is 0.168. The molecule has 0 spiro atoms. The third kappa shape index (κ3) is 3.79. The average Bonchev–Trinajstić information content (AvgIpc) is 2.30. The van der Waals surface area contributed by atoms with Crippen molar-refractivity contribution in [3.63, 3.8) is 0 Å². The Hall–Kier alpha value is -2.04. The van der Waals surface area contributed by atoms with Gasteiger partial charge in [0.1, 0.15) is 5.75 Å². The number of carboxylic acids is 1. The van der Waals surface area contributed by atoms with Crippen LogP contribution in [0.1, 0.15) is 24.2 Å². The molecule has 0 bridgehead atoms. The van der Waals surface area contributed by atoms with Gasteiger partial charge in [-0.15, -0.1) is 0 Å². The topological polar surface area (TPSA) is 72.8 Å². The maximum Gasteiger partial charge on any atom is 0.347 e. The summed E-state index contributed by atoms with van der Waals surface area (Å²) >= 11 is 0. The molecule has 0 aliphatic carbocycles. The van der Waals surface area contributed by atoms with Crippen LogP contribution in [0.15, 0.2) is 24.3 Å². The van der Waals surface area contributed by atoms with E-state index in [-0.39, 0.29) is 5.56 Å². The molecule has 5 heteroatoms. The summed E-state index contributed by atoms with van der Waals surface area (Å²) in [4.78, 5) is 21.9. The molecule has 0 aromatic heterocycles. The molecule has 0 heterocycles. The molecule has 17 heavy (non-hydrogen) atoms. The van der Waals surface area contributed by atoms with Crippen molar-refractivity contribution in [1.82, 2.24) is 0 Å². The second kappa shape index (κ2) is 5.89. The van der Waals surface area contributed by atoms with Crippen LogP contribution in [0.4, 0.5) is 0 Å². The van der Waals surface area contributed by atoms with Crippen molar-refractivity contribution in [2.45, 2.75) is 20.0 Å². The van der Waals surface area contributed by atoms with Crippen molar-refractivity contribution in [3.8, 4) is 5.75 Å². The standard InChI is InChI=1S/C12H14O5/c1-3-16-12(15)8(2)17-10-6-4-9(5-7-10)11(13)14/h4-8H,3H2,1-2H3,(H,13,14)/t8-/m1/s1. The number of hydrogen-bond acceptors (Lipinski definition) is 4. The van der Waals surface area contributed by atoms with Crippen LogP contribution in [-0.4, -0.2) is 29.8 Å². The molecular formula is C12H14O5. The lowest BCUT2D eigenvalue weighted by molar-refractivity contribution is -0.150. The van der Waals surface area contributed by atoms with Crippen molar-refractivity contribution in [3.05, 3.63) is 29.8 Å². The largest absolute Gasteiger partial charge is 0.479 e. The quantitative estimate of drug-likeness (QED) is 0.790. The monoisotopic (exact) mass is 238 g/mol. The van der Waals surface area contributed by atoms with Gasteiger partial charge < -0.3 is 14.6 Å². The molecular weight excluding hydrogens is 224 g/mol. The number of ether oxygens (including phenoxy) is 2. The highest BCUT2D eigenvalue weighted by Gasteiger charge is 2.15. The Bertz CT molecular complexity index is 396. The lowest BCUT2D eigenvalue weighted by Gasteiger charge is -2.13. The summed E-state index contributed by atoms with van der Waals surface area (Å²) in [6.45, 7) is 3.58. The summed E-state index contributed by atoms with van der Waals surface area (Å²) < 4.78 is 10.1. The molecule has 0 aliphatic rings. The molecule has 0 radical (unpaired) electrons. The SMILES string of the molecule is CCOC(=O)[C@@H](C)Oc1ccc(C(=O)O)cc1. The van der Waals surface area contributed by atoms with Crippen LogP contribution in [0.3, 0.4) is 0 Å². The zero-order valence-electron chi connectivity index (χ0n) is 9.67. The third-order valence-electron chi connectivity index (χ3n) is 2.03. The molecule has 1 aromatic carbocycles. The molecule has 1 atom stereocenters. The van der Waals surface area contributed by atoms with E-state index in [1.807, 2.05) is 0 Å². The predicted molar refractivity (Wildman–Crippen MR) is 60.1 cm³/mol. The Balaban J connectivity index is 2.63. The minimum absolute atomic E-state index is 0.168. The predicted octanol–water partition coefficient (Wildman–Crippen LogP) is 1.72. The number of carboxylic acid groups (broad SMARTS) is 1. The average molecular weight is 238 g/mol. The molecule has 0 unspecified atom stereocenters. The lowest BCUT2D eigenvalue weighted by Crippen LogP contribution is -2.26. The van der Waals surface area contributed by atoms with Gasteiger partial charge >= 0.3 is 11.9 Å². The summed E-state index contributed by atoms with van der Waals surface area (Å²) in [5.74, 6) is -1.03. The van der Waals surface area contributed by atoms with Crippen LogP contribution in [0.25, 0.3) is 0 Å². The molecule has 1 rings (SSSR count). The van der Waals surface area contributed by atoms with Crippen molar-refractivity contribution >= 4 is 11.9 Å². The molecule has 0 fully saturated rings. The third-order valence-corrected chi connectivity index (χ3v) is 2.03. The lowest BCUT2D eigenvalue weighted by atomic mass is 10.2. The van der Waals surface area contributed by atoms with Crippen molar-refractivity contribution in [1.29, 1.82) is 0 Å². The first-order chi connectivity index (χ1) is 8.04. The van der Waals surface area contributed by atoms with E-state index in [2.05, 4.69) is 0 Å². The Labute approximate surface area is 99.0 Å². The number of carbonyl (C=O) groups is 2. The fourth-order valence-corrected chi connectivity index (χ4v) is 1.19. The van der Waals surface area contributed by atoms with Gasteiger partial charge in [0.2, 0.25) is 0 Å². The molecule has 1 N–H and O–H groups in total. The number of aromatic carboxylic acids is 1. The van der Waals surface area contributed by atoms with Crippen LogP contribution in [0.2, 0.25) is 0 Å². The van der Waals surface area contributed by atoms with Crippen molar-refractivity contribution in [2.75, 3.05) is 6.61 Å². The van der Waals surface area contributed by atoms with Crippen molar-refractivity contribution in [2.24, 2.45) is 0 Å². The van der Waals surface area contributed by atoms with Gasteiger partial charge in [-0.3, -0.25) is 0 Å². The maximum absolute atomic E-state index is 11.3. The Kier molecular flexibility index (Phi) is 4.51. The van der Waals surface area contributed by atoms with Gasteiger partial charge in [-0.2, -0.15) is 0 Å². The minimum Gasteiger partial charge on any atom is -0.479 e. The number of esters is 1. The van der Waals surface area contributed by atoms with E-state index in [0.717, 1.165) is 0 Å². The molecule has 92 valence electrons. The van der Waals surface area contributed by atoms with Gasteiger partial charge in [0.05, 0.1) is 12.2 Å². The number of benzene rings is 1. The fourth-order valence-electron chi connectivity index (χ4n) is 1.19. The summed E-state index contributed by atoms with van der Waals surface area (Å²) in [7, 11) is 0. The normalized spacial score (nSPS) is 11.6. The van der Waals surface area contributed by atoms with E-state index in [1.54, 1.807) is 13.8 Å². The molecule has 0 saturated heterocycles. The Morgan fingerprint density at radius 3 is 2.35 bits per heavy atom. The van der Waals surface area contributed by atoms with Gasteiger partial charge in [-0.05, 0) is 38.1 Å². The van der Waals surface area contributed by atoms with E-state index in [9.17, 15) is 9.59 Å². The number of carbonyl (C=O) groups excluding carboxylic acids is 1. The van der Waals surface area contributed by atoms with Crippen LogP contribution in [0.5, 0.6) is 5.75 Å². The van der Waals surface area contributed by atoms with Crippen LogP contribution in [-0.2, 0) is 9.53 Å². The van der Waals surface area contributed by atoms with Gasteiger partial charge in [0.15, 0.2) is 6.10 Å². The van der Waals surface area contributed by atoms with Gasteiger partial charge in [-0.1, -0.05) is 0 Å². The first kappa shape index (κ1) is 13.0. The number of rotatable bonds is 5. The second-order valence-electron chi connectivity index (χ2n) is 3.34. The van der Waals surface area contributed by atoms with Gasteiger partial charge in [0, 0.05) is 0 Å². The number of hydrogen-bond donors (Lipinski definition) is 1. The molecule has 0 saturated carbocycles. The highest BCUT2D eigenvalue weighted by molar-refractivity contribution is 5.87. The zero-order chi connectivity index (χ0) is 12.8. The fraction of sp³-hybridized carbons (Fsp3) is 0.333. The van der Waals surface area contributed by atoms with Gasteiger partial charge in [0.25, 0.3) is 0 Å². The van der Waals surface area contributed by atoms with Gasteiger partial charge in [-0.25, -0.2) is 9.59 Å². The second-order valence-corrected chi connectivity index (χ2v) is 3.34. The minimum atomic E-state index is -1.00. The van der Waals surface area contributed by atoms with Crippen LogP contribution >= 0.6 is 0 Å². The highest BCUT2D eigenvalue weighted by Crippen LogP contribution is 2.14.